The standard InChI is InChI=1S/C36H41N5O/c1-26(28-9-4-3-5-10-28)24-38-35-22-33(36(42)41-20-8-11-31(41)25-40-18-6-7-19-40)32-21-30(16-17-34(32)39(35)2)29-14-12-27(23-37)13-15-29/h3-5,9-10,12-17,21-22,26,31,34,38H,6-8,11,18-20,24-25H2,1-2H3/t26-,31?,34?/m1/s1. The van der Waals surface area contributed by atoms with E-state index in [0.29, 0.717) is 11.5 Å². The van der Waals surface area contributed by atoms with Crippen LogP contribution in [0.5, 0.6) is 0 Å². The lowest BCUT2D eigenvalue weighted by Gasteiger charge is -2.39. The Morgan fingerprint density at radius 2 is 1.79 bits per heavy atom. The highest BCUT2D eigenvalue weighted by molar-refractivity contribution is 5.99. The SMILES string of the molecule is C[C@H](CNC1=CC(C(=O)N2CCCC2CN2CCCC2)=C2C=C(c3ccc(C#N)cc3)C=CC2N1C)c1ccccc1. The molecule has 0 radical (unpaired) electrons. The number of hydrogen-bond donors (Lipinski definition) is 1. The van der Waals surface area contributed by atoms with Crippen molar-refractivity contribution in [2.45, 2.75) is 50.6 Å². The molecule has 6 nitrogen and oxygen atoms in total. The summed E-state index contributed by atoms with van der Waals surface area (Å²) in [6.07, 6.45) is 13.3. The van der Waals surface area contributed by atoms with E-state index in [1.54, 1.807) is 0 Å². The number of carbonyl (C=O) groups is 1. The predicted octanol–water partition coefficient (Wildman–Crippen LogP) is 5.44. The second kappa shape index (κ2) is 12.4. The first kappa shape index (κ1) is 28.1. The fraction of sp³-hybridized carbons (Fsp3) is 0.389. The molecule has 3 aliphatic heterocycles. The topological polar surface area (TPSA) is 62.6 Å². The third-order valence-electron chi connectivity index (χ3n) is 9.32. The van der Waals surface area contributed by atoms with Crippen LogP contribution in [0.1, 0.15) is 55.2 Å². The van der Waals surface area contributed by atoms with E-state index in [9.17, 15) is 10.1 Å². The van der Waals surface area contributed by atoms with Gasteiger partial charge < -0.3 is 20.0 Å². The highest BCUT2D eigenvalue weighted by Gasteiger charge is 2.36. The number of hydrogen-bond acceptors (Lipinski definition) is 5. The van der Waals surface area contributed by atoms with Crippen molar-refractivity contribution in [3.63, 3.8) is 0 Å². The lowest BCUT2D eigenvalue weighted by Crippen LogP contribution is -2.46. The van der Waals surface area contributed by atoms with E-state index in [-0.39, 0.29) is 18.0 Å². The number of benzene rings is 2. The maximum Gasteiger partial charge on any atom is 0.254 e. The van der Waals surface area contributed by atoms with Crippen LogP contribution in [0.15, 0.2) is 95.9 Å². The van der Waals surface area contributed by atoms with Crippen LogP contribution < -0.4 is 5.32 Å². The first-order valence-electron chi connectivity index (χ1n) is 15.4. The van der Waals surface area contributed by atoms with Gasteiger partial charge in [-0.15, -0.1) is 0 Å². The van der Waals surface area contributed by atoms with Gasteiger partial charge in [-0.2, -0.15) is 5.26 Å². The molecule has 1 aliphatic carbocycles. The summed E-state index contributed by atoms with van der Waals surface area (Å²) in [4.78, 5) is 21.4. The summed E-state index contributed by atoms with van der Waals surface area (Å²) >= 11 is 0. The average Bonchev–Trinajstić information content (AvgIpc) is 3.73. The fourth-order valence-corrected chi connectivity index (χ4v) is 6.79. The molecule has 0 bridgehead atoms. The van der Waals surface area contributed by atoms with Crippen molar-refractivity contribution in [3.8, 4) is 6.07 Å². The van der Waals surface area contributed by atoms with Gasteiger partial charge in [0, 0.05) is 38.3 Å². The van der Waals surface area contributed by atoms with Gasteiger partial charge >= 0.3 is 0 Å². The molecule has 42 heavy (non-hydrogen) atoms. The zero-order chi connectivity index (χ0) is 29.1. The number of likely N-dealkylation sites (tertiary alicyclic amines) is 2. The molecular weight excluding hydrogens is 518 g/mol. The molecule has 0 spiro atoms. The Hall–Kier alpha value is -4.08. The van der Waals surface area contributed by atoms with E-state index in [1.165, 1.54) is 18.4 Å². The van der Waals surface area contributed by atoms with E-state index in [1.807, 2.05) is 24.3 Å². The van der Waals surface area contributed by atoms with Crippen LogP contribution in [0.2, 0.25) is 0 Å². The van der Waals surface area contributed by atoms with Crippen molar-refractivity contribution in [2.24, 2.45) is 0 Å². The first-order valence-corrected chi connectivity index (χ1v) is 15.4. The van der Waals surface area contributed by atoms with Gasteiger partial charge in [0.25, 0.3) is 5.91 Å². The molecule has 6 rings (SSSR count). The van der Waals surface area contributed by atoms with Crippen LogP contribution in [-0.4, -0.2) is 72.5 Å². The largest absolute Gasteiger partial charge is 0.371 e. The molecule has 2 aromatic carbocycles. The average molecular weight is 560 g/mol. The highest BCUT2D eigenvalue weighted by Crippen LogP contribution is 2.35. The van der Waals surface area contributed by atoms with E-state index in [4.69, 9.17) is 0 Å². The summed E-state index contributed by atoms with van der Waals surface area (Å²) in [5, 5.41) is 12.9. The molecule has 2 fully saturated rings. The number of nitrogens with zero attached hydrogens (tertiary/aromatic N) is 4. The molecule has 1 N–H and O–H groups in total. The quantitative estimate of drug-likeness (QED) is 0.467. The number of nitriles is 1. The highest BCUT2D eigenvalue weighted by atomic mass is 16.2. The summed E-state index contributed by atoms with van der Waals surface area (Å²) in [5.41, 5.74) is 5.87. The lowest BCUT2D eigenvalue weighted by atomic mass is 9.86. The zero-order valence-electron chi connectivity index (χ0n) is 24.8. The van der Waals surface area contributed by atoms with Gasteiger partial charge in [0.1, 0.15) is 5.82 Å². The van der Waals surface area contributed by atoms with Crippen LogP contribution in [0, 0.1) is 11.3 Å². The Morgan fingerprint density at radius 1 is 1.02 bits per heavy atom. The Labute approximate surface area is 250 Å². The second-order valence-corrected chi connectivity index (χ2v) is 12.1. The minimum atomic E-state index is -0.0368. The summed E-state index contributed by atoms with van der Waals surface area (Å²) in [5.74, 6) is 1.45. The maximum atomic E-state index is 14.4. The number of likely N-dealkylation sites (N-methyl/N-ethyl adjacent to an activating group) is 1. The van der Waals surface area contributed by atoms with E-state index >= 15 is 0 Å². The van der Waals surface area contributed by atoms with Crippen molar-refractivity contribution >= 4 is 11.5 Å². The summed E-state index contributed by atoms with van der Waals surface area (Å²) in [6, 6.07) is 20.7. The maximum absolute atomic E-state index is 14.4. The monoisotopic (exact) mass is 559 g/mol. The van der Waals surface area contributed by atoms with E-state index in [2.05, 4.69) is 94.7 Å². The third kappa shape index (κ3) is 5.80. The number of carbonyl (C=O) groups excluding carboxylic acids is 1. The van der Waals surface area contributed by atoms with E-state index < -0.39 is 0 Å². The molecule has 4 aliphatic rings. The first-order chi connectivity index (χ1) is 20.5. The van der Waals surface area contributed by atoms with Gasteiger partial charge in [0.15, 0.2) is 0 Å². The summed E-state index contributed by atoms with van der Waals surface area (Å²) < 4.78 is 0. The van der Waals surface area contributed by atoms with Crippen LogP contribution in [0.4, 0.5) is 0 Å². The van der Waals surface area contributed by atoms with Crippen LogP contribution in [0.3, 0.4) is 0 Å². The normalized spacial score (nSPS) is 22.9. The zero-order valence-corrected chi connectivity index (χ0v) is 24.8. The lowest BCUT2D eigenvalue weighted by molar-refractivity contribution is -0.128. The molecule has 3 atom stereocenters. The van der Waals surface area contributed by atoms with E-state index in [0.717, 1.165) is 73.7 Å². The van der Waals surface area contributed by atoms with Crippen LogP contribution in [0.25, 0.3) is 5.57 Å². The molecular formula is C36H41N5O. The molecule has 6 heteroatoms. The van der Waals surface area contributed by atoms with Crippen molar-refractivity contribution < 1.29 is 4.79 Å². The van der Waals surface area contributed by atoms with Crippen molar-refractivity contribution in [1.82, 2.24) is 20.0 Å². The van der Waals surface area contributed by atoms with Crippen LogP contribution in [-0.2, 0) is 4.79 Å². The van der Waals surface area contributed by atoms with Gasteiger partial charge in [-0.05, 0) is 91.2 Å². The minimum Gasteiger partial charge on any atom is -0.371 e. The fourth-order valence-electron chi connectivity index (χ4n) is 6.79. The number of amides is 1. The van der Waals surface area contributed by atoms with Gasteiger partial charge in [-0.25, -0.2) is 0 Å². The van der Waals surface area contributed by atoms with Gasteiger partial charge in [-0.1, -0.05) is 61.5 Å². The molecule has 216 valence electrons. The van der Waals surface area contributed by atoms with Gasteiger partial charge in [0.2, 0.25) is 0 Å². The van der Waals surface area contributed by atoms with Crippen molar-refractivity contribution in [1.29, 1.82) is 5.26 Å². The smallest absolute Gasteiger partial charge is 0.254 e. The Kier molecular flexibility index (Phi) is 8.30. The Morgan fingerprint density at radius 3 is 2.52 bits per heavy atom. The summed E-state index contributed by atoms with van der Waals surface area (Å²) in [6.45, 7) is 7.11. The molecule has 0 aromatic heterocycles. The molecule has 2 aromatic rings. The van der Waals surface area contributed by atoms with Gasteiger partial charge in [0.05, 0.1) is 17.7 Å². The third-order valence-corrected chi connectivity index (χ3v) is 9.32. The number of allylic oxidation sites excluding steroid dienone is 2. The van der Waals surface area contributed by atoms with Crippen molar-refractivity contribution in [3.05, 3.63) is 113 Å². The predicted molar refractivity (Wildman–Crippen MR) is 168 cm³/mol. The Bertz CT molecular complexity index is 1460. The Balaban J connectivity index is 1.33. The molecule has 1 amide bonds. The molecule has 2 unspecified atom stereocenters. The number of nitrogens with one attached hydrogen (secondary N) is 1. The summed E-state index contributed by atoms with van der Waals surface area (Å²) in [7, 11) is 2.11. The molecule has 2 saturated heterocycles. The van der Waals surface area contributed by atoms with Crippen molar-refractivity contribution in [2.75, 3.05) is 39.8 Å². The molecule has 3 heterocycles. The number of fused-ring (bicyclic) bond motifs is 1. The van der Waals surface area contributed by atoms with Crippen LogP contribution >= 0.6 is 0 Å². The minimum absolute atomic E-state index is 0.0368. The second-order valence-electron chi connectivity index (χ2n) is 12.1. The number of rotatable bonds is 8. The van der Waals surface area contributed by atoms with Gasteiger partial charge in [-0.3, -0.25) is 4.79 Å². The molecule has 0 saturated carbocycles.